The molecule has 73 heavy (non-hydrogen) atoms. The second kappa shape index (κ2) is 17.4. The summed E-state index contributed by atoms with van der Waals surface area (Å²) in [5.74, 6) is 0. The van der Waals surface area contributed by atoms with E-state index in [1.54, 1.807) is 0 Å². The van der Waals surface area contributed by atoms with Gasteiger partial charge >= 0.3 is 0 Å². The van der Waals surface area contributed by atoms with Crippen LogP contribution in [0.3, 0.4) is 0 Å². The van der Waals surface area contributed by atoms with Gasteiger partial charge in [-0.05, 0) is 155 Å². The van der Waals surface area contributed by atoms with Gasteiger partial charge in [-0.3, -0.25) is 0 Å². The predicted octanol–water partition coefficient (Wildman–Crippen LogP) is 19.2. The lowest BCUT2D eigenvalue weighted by Gasteiger charge is -2.34. The van der Waals surface area contributed by atoms with Crippen LogP contribution < -0.4 is 4.90 Å². The predicted molar refractivity (Wildman–Crippen MR) is 305 cm³/mol. The molecule has 0 saturated carbocycles. The molecule has 13 aromatic rings. The molecular formula is C71H47NO. The Labute approximate surface area is 425 Å². The minimum absolute atomic E-state index is 0.463. The van der Waals surface area contributed by atoms with Crippen molar-refractivity contribution in [3.63, 3.8) is 0 Å². The zero-order chi connectivity index (χ0) is 48.3. The third-order valence-corrected chi connectivity index (χ3v) is 15.2. The van der Waals surface area contributed by atoms with Gasteiger partial charge < -0.3 is 9.32 Å². The highest BCUT2D eigenvalue weighted by atomic mass is 16.3. The van der Waals surface area contributed by atoms with E-state index in [0.717, 1.165) is 50.1 Å². The average Bonchev–Trinajstić information content (AvgIpc) is 4.00. The van der Waals surface area contributed by atoms with Crippen molar-refractivity contribution in [2.24, 2.45) is 0 Å². The molecule has 1 aliphatic rings. The number of fused-ring (bicyclic) bond motifs is 7. The maximum atomic E-state index is 6.18. The molecular weight excluding hydrogens is 883 g/mol. The molecule has 1 aliphatic carbocycles. The van der Waals surface area contributed by atoms with Crippen LogP contribution in [0.5, 0.6) is 0 Å². The Morgan fingerprint density at radius 2 is 0.753 bits per heavy atom. The molecule has 0 aliphatic heterocycles. The first-order valence-corrected chi connectivity index (χ1v) is 25.1. The maximum Gasteiger partial charge on any atom is 0.135 e. The summed E-state index contributed by atoms with van der Waals surface area (Å²) in [6.07, 6.45) is 0. The zero-order valence-corrected chi connectivity index (χ0v) is 40.0. The first-order valence-electron chi connectivity index (χ1n) is 25.1. The molecule has 342 valence electrons. The fraction of sp³-hybridized carbons (Fsp3) is 0.0141. The van der Waals surface area contributed by atoms with Crippen LogP contribution in [0.15, 0.2) is 290 Å². The minimum Gasteiger partial charge on any atom is -0.456 e. The summed E-state index contributed by atoms with van der Waals surface area (Å²) in [4.78, 5) is 2.37. The second-order valence-corrected chi connectivity index (χ2v) is 19.2. The SMILES string of the molecule is c1ccc(C2(c3ccccc3)c3ccccc3-c3c(-c4ccc(N(c5ccc(-c6cccc(-c7ccc8ccccc8c7)c6)cc5)c5ccc(-c6ccc7oc8ccccc8c7c6)cc5)cc4)cccc32)cc1. The zero-order valence-electron chi connectivity index (χ0n) is 40.0. The molecule has 0 spiro atoms. The van der Waals surface area contributed by atoms with Gasteiger partial charge in [-0.15, -0.1) is 0 Å². The van der Waals surface area contributed by atoms with Crippen molar-refractivity contribution in [1.29, 1.82) is 0 Å². The van der Waals surface area contributed by atoms with E-state index in [-0.39, 0.29) is 0 Å². The van der Waals surface area contributed by atoms with E-state index in [9.17, 15) is 0 Å². The van der Waals surface area contributed by atoms with Gasteiger partial charge in [0.2, 0.25) is 0 Å². The number of rotatable bonds is 9. The fourth-order valence-electron chi connectivity index (χ4n) is 11.7. The summed E-state index contributed by atoms with van der Waals surface area (Å²) in [7, 11) is 0. The van der Waals surface area contributed by atoms with Crippen molar-refractivity contribution in [3.05, 3.63) is 307 Å². The van der Waals surface area contributed by atoms with E-state index >= 15 is 0 Å². The number of anilines is 3. The van der Waals surface area contributed by atoms with Crippen LogP contribution in [0.2, 0.25) is 0 Å². The Hall–Kier alpha value is -9.50. The van der Waals surface area contributed by atoms with Crippen molar-refractivity contribution in [2.75, 3.05) is 4.90 Å². The first kappa shape index (κ1) is 42.4. The molecule has 1 aromatic heterocycles. The molecule has 0 fully saturated rings. The Bertz CT molecular complexity index is 4130. The topological polar surface area (TPSA) is 16.4 Å². The van der Waals surface area contributed by atoms with Crippen LogP contribution >= 0.6 is 0 Å². The van der Waals surface area contributed by atoms with Gasteiger partial charge in [0, 0.05) is 27.8 Å². The van der Waals surface area contributed by atoms with Crippen molar-refractivity contribution in [2.45, 2.75) is 5.41 Å². The molecule has 1 heterocycles. The van der Waals surface area contributed by atoms with Crippen LogP contribution in [-0.2, 0) is 5.41 Å². The Morgan fingerprint density at radius 3 is 1.45 bits per heavy atom. The van der Waals surface area contributed by atoms with Crippen LogP contribution in [0.4, 0.5) is 17.1 Å². The van der Waals surface area contributed by atoms with Crippen molar-refractivity contribution in [1.82, 2.24) is 0 Å². The molecule has 12 aromatic carbocycles. The highest BCUT2D eigenvalue weighted by Crippen LogP contribution is 2.58. The number of hydrogen-bond donors (Lipinski definition) is 0. The van der Waals surface area contributed by atoms with Crippen LogP contribution in [0.25, 0.3) is 88.3 Å². The summed E-state index contributed by atoms with van der Waals surface area (Å²) >= 11 is 0. The van der Waals surface area contributed by atoms with Gasteiger partial charge in [0.15, 0.2) is 0 Å². The van der Waals surface area contributed by atoms with Gasteiger partial charge in [0.05, 0.1) is 5.41 Å². The molecule has 0 radical (unpaired) electrons. The summed E-state index contributed by atoms with van der Waals surface area (Å²) in [5.41, 5.74) is 21.7. The molecule has 0 unspecified atom stereocenters. The molecule has 0 atom stereocenters. The summed E-state index contributed by atoms with van der Waals surface area (Å²) in [5, 5.41) is 4.75. The van der Waals surface area contributed by atoms with Gasteiger partial charge in [0.25, 0.3) is 0 Å². The standard InChI is InChI=1S/C71H47NO/c1-3-19-57(20-4-1)71(58-21-5-2-6-22-58)66-26-11-9-24-64(66)70-62(25-14-27-67(70)71)51-35-42-61(43-36-51)72(60-40-33-50(34-41-60)56-37-44-69-65(47-56)63-23-10-12-28-68(63)73-69)59-38-31-49(32-39-59)53-17-13-18-54(45-53)55-30-29-48-15-7-8-16-52(48)46-55/h1-47H. The first-order chi connectivity index (χ1) is 36.2. The van der Waals surface area contributed by atoms with Crippen LogP contribution in [-0.4, -0.2) is 0 Å². The molecule has 0 bridgehead atoms. The van der Waals surface area contributed by atoms with E-state index in [1.165, 1.54) is 77.5 Å². The minimum atomic E-state index is -0.463. The quantitative estimate of drug-likeness (QED) is 0.143. The number of para-hydroxylation sites is 1. The van der Waals surface area contributed by atoms with Crippen molar-refractivity contribution in [3.8, 4) is 55.6 Å². The second-order valence-electron chi connectivity index (χ2n) is 19.2. The lowest BCUT2D eigenvalue weighted by Crippen LogP contribution is -2.28. The van der Waals surface area contributed by atoms with Gasteiger partial charge in [-0.2, -0.15) is 0 Å². The number of nitrogens with zero attached hydrogens (tertiary/aromatic N) is 1. The molecule has 2 nitrogen and oxygen atoms in total. The van der Waals surface area contributed by atoms with Crippen LogP contribution in [0.1, 0.15) is 22.3 Å². The number of hydrogen-bond acceptors (Lipinski definition) is 2. The van der Waals surface area contributed by atoms with Gasteiger partial charge in [-0.1, -0.05) is 218 Å². The smallest absolute Gasteiger partial charge is 0.135 e. The van der Waals surface area contributed by atoms with Gasteiger partial charge in [0.1, 0.15) is 11.2 Å². The number of furan rings is 1. The molecule has 14 rings (SSSR count). The van der Waals surface area contributed by atoms with Crippen molar-refractivity contribution < 1.29 is 4.42 Å². The molecule has 2 heteroatoms. The molecule has 0 amide bonds. The van der Waals surface area contributed by atoms with Gasteiger partial charge in [-0.25, -0.2) is 0 Å². The van der Waals surface area contributed by atoms with E-state index in [4.69, 9.17) is 4.42 Å². The van der Waals surface area contributed by atoms with E-state index < -0.39 is 5.41 Å². The summed E-state index contributed by atoms with van der Waals surface area (Å²) in [6, 6.07) is 104. The monoisotopic (exact) mass is 929 g/mol. The maximum absolute atomic E-state index is 6.18. The number of benzene rings is 12. The Balaban J connectivity index is 0.859. The Morgan fingerprint density at radius 1 is 0.274 bits per heavy atom. The lowest BCUT2D eigenvalue weighted by atomic mass is 9.67. The highest BCUT2D eigenvalue weighted by Gasteiger charge is 2.46. The largest absolute Gasteiger partial charge is 0.456 e. The Kier molecular flexibility index (Phi) is 10.1. The van der Waals surface area contributed by atoms with E-state index in [0.29, 0.717) is 0 Å². The van der Waals surface area contributed by atoms with E-state index in [2.05, 4.69) is 278 Å². The normalized spacial score (nSPS) is 12.5. The summed E-state index contributed by atoms with van der Waals surface area (Å²) in [6.45, 7) is 0. The molecule has 0 N–H and O–H groups in total. The average molecular weight is 930 g/mol. The van der Waals surface area contributed by atoms with Crippen molar-refractivity contribution >= 4 is 49.8 Å². The van der Waals surface area contributed by atoms with E-state index in [1.807, 2.05) is 12.1 Å². The third-order valence-electron chi connectivity index (χ3n) is 15.2. The lowest BCUT2D eigenvalue weighted by molar-refractivity contribution is 0.669. The summed E-state index contributed by atoms with van der Waals surface area (Å²) < 4.78 is 6.18. The fourth-order valence-corrected chi connectivity index (χ4v) is 11.7. The third kappa shape index (κ3) is 7.10. The van der Waals surface area contributed by atoms with Crippen LogP contribution in [0, 0.1) is 0 Å². The highest BCUT2D eigenvalue weighted by molar-refractivity contribution is 6.06. The molecule has 0 saturated heterocycles.